The van der Waals surface area contributed by atoms with Gasteiger partial charge < -0.3 is 4.90 Å². The van der Waals surface area contributed by atoms with Crippen molar-refractivity contribution < 1.29 is 0 Å². The molecule has 0 spiro atoms. The average Bonchev–Trinajstić information content (AvgIpc) is 2.52. The van der Waals surface area contributed by atoms with Crippen molar-refractivity contribution in [2.45, 2.75) is 26.3 Å². The van der Waals surface area contributed by atoms with Crippen molar-refractivity contribution in [2.24, 2.45) is 7.05 Å². The first-order valence-corrected chi connectivity index (χ1v) is 5.84. The largest absolute Gasteiger partial charge is 0.337 e. The summed E-state index contributed by atoms with van der Waals surface area (Å²) in [7, 11) is 1.86. The first-order chi connectivity index (χ1) is 6.66. The lowest BCUT2D eigenvalue weighted by atomic mass is 10.3. The van der Waals surface area contributed by atoms with Gasteiger partial charge in [-0.1, -0.05) is 21.0 Å². The summed E-state index contributed by atoms with van der Waals surface area (Å²) in [4.78, 5) is 2.20. The molecule has 0 aromatic carbocycles. The lowest BCUT2D eigenvalue weighted by Crippen LogP contribution is -2.34. The maximum absolute atomic E-state index is 4.00. The molecule has 0 aliphatic heterocycles. The number of aromatic nitrogens is 4. The lowest BCUT2D eigenvalue weighted by molar-refractivity contribution is 0.622. The predicted molar refractivity (Wildman–Crippen MR) is 59.7 cm³/mol. The molecule has 0 aliphatic carbocycles. The molecule has 0 saturated carbocycles. The first kappa shape index (κ1) is 11.4. The van der Waals surface area contributed by atoms with E-state index < -0.39 is 0 Å². The molecular formula is C8H16BrN5. The van der Waals surface area contributed by atoms with Gasteiger partial charge in [-0.15, -0.1) is 0 Å². The van der Waals surface area contributed by atoms with Crippen LogP contribution in [0.4, 0.5) is 5.95 Å². The minimum Gasteiger partial charge on any atom is -0.337 e. The molecule has 1 rings (SSSR count). The van der Waals surface area contributed by atoms with Crippen molar-refractivity contribution in [3.63, 3.8) is 0 Å². The zero-order valence-corrected chi connectivity index (χ0v) is 10.4. The summed E-state index contributed by atoms with van der Waals surface area (Å²) >= 11 is 3.42. The minimum absolute atomic E-state index is 0.416. The van der Waals surface area contributed by atoms with Crippen LogP contribution in [-0.2, 0) is 7.05 Å². The topological polar surface area (TPSA) is 46.8 Å². The van der Waals surface area contributed by atoms with Gasteiger partial charge in [0.1, 0.15) is 0 Å². The van der Waals surface area contributed by atoms with Crippen LogP contribution in [0.3, 0.4) is 0 Å². The molecule has 1 heterocycles. The zero-order chi connectivity index (χ0) is 10.6. The van der Waals surface area contributed by atoms with E-state index in [2.05, 4.69) is 50.2 Å². The highest BCUT2D eigenvalue weighted by atomic mass is 79.9. The van der Waals surface area contributed by atoms with E-state index in [1.807, 2.05) is 7.05 Å². The fourth-order valence-electron chi connectivity index (χ4n) is 1.29. The number of tetrazole rings is 1. The monoisotopic (exact) mass is 261 g/mol. The van der Waals surface area contributed by atoms with Gasteiger partial charge in [0.2, 0.25) is 5.95 Å². The summed E-state index contributed by atoms with van der Waals surface area (Å²) in [5, 5.41) is 12.5. The van der Waals surface area contributed by atoms with Gasteiger partial charge in [-0.25, -0.2) is 4.68 Å². The van der Waals surface area contributed by atoms with E-state index in [1.54, 1.807) is 4.68 Å². The summed E-state index contributed by atoms with van der Waals surface area (Å²) < 4.78 is 1.70. The van der Waals surface area contributed by atoms with Crippen LogP contribution in [0, 0.1) is 0 Å². The number of aryl methyl sites for hydroxylation is 1. The summed E-state index contributed by atoms with van der Waals surface area (Å²) in [5.74, 6) is 0.834. The van der Waals surface area contributed by atoms with Gasteiger partial charge >= 0.3 is 0 Å². The molecule has 0 radical (unpaired) electrons. The number of hydrogen-bond donors (Lipinski definition) is 0. The molecule has 0 aliphatic rings. The lowest BCUT2D eigenvalue weighted by Gasteiger charge is -2.25. The van der Waals surface area contributed by atoms with E-state index in [9.17, 15) is 0 Å². The van der Waals surface area contributed by atoms with Crippen LogP contribution in [0.2, 0.25) is 0 Å². The van der Waals surface area contributed by atoms with Gasteiger partial charge in [0.05, 0.1) is 0 Å². The van der Waals surface area contributed by atoms with Gasteiger partial charge in [-0.05, 0) is 30.7 Å². The third-order valence-corrected chi connectivity index (χ3v) is 2.57. The van der Waals surface area contributed by atoms with Crippen molar-refractivity contribution in [2.75, 3.05) is 16.8 Å². The Bertz CT molecular complexity index is 272. The Morgan fingerprint density at radius 1 is 1.50 bits per heavy atom. The van der Waals surface area contributed by atoms with E-state index in [-0.39, 0.29) is 0 Å². The number of anilines is 1. The summed E-state index contributed by atoms with van der Waals surface area (Å²) in [6.45, 7) is 5.25. The Morgan fingerprint density at radius 2 is 2.21 bits per heavy atom. The third-order valence-electron chi connectivity index (χ3n) is 2.01. The molecule has 0 bridgehead atoms. The van der Waals surface area contributed by atoms with Crippen LogP contribution in [-0.4, -0.2) is 38.1 Å². The van der Waals surface area contributed by atoms with Crippen LogP contribution < -0.4 is 4.90 Å². The minimum atomic E-state index is 0.416. The quantitative estimate of drug-likeness (QED) is 0.748. The smallest absolute Gasteiger partial charge is 0.245 e. The molecule has 6 heteroatoms. The molecule has 0 amide bonds. The normalized spacial score (nSPS) is 10.9. The summed E-state index contributed by atoms with van der Waals surface area (Å²) in [5.41, 5.74) is 0. The highest BCUT2D eigenvalue weighted by molar-refractivity contribution is 9.09. The molecule has 5 nitrogen and oxygen atoms in total. The van der Waals surface area contributed by atoms with Crippen LogP contribution in [0.25, 0.3) is 0 Å². The fourth-order valence-corrected chi connectivity index (χ4v) is 1.54. The van der Waals surface area contributed by atoms with Gasteiger partial charge in [-0.2, -0.15) is 0 Å². The predicted octanol–water partition coefficient (Wildman–Crippen LogP) is 1.21. The number of hydrogen-bond acceptors (Lipinski definition) is 4. The highest BCUT2D eigenvalue weighted by Gasteiger charge is 2.15. The van der Waals surface area contributed by atoms with Crippen molar-refractivity contribution in [3.05, 3.63) is 0 Å². The second-order valence-electron chi connectivity index (χ2n) is 3.43. The van der Waals surface area contributed by atoms with Crippen molar-refractivity contribution in [3.8, 4) is 0 Å². The zero-order valence-electron chi connectivity index (χ0n) is 8.81. The van der Waals surface area contributed by atoms with Crippen LogP contribution in [0.1, 0.15) is 20.3 Å². The molecule has 0 atom stereocenters. The Morgan fingerprint density at radius 3 is 2.64 bits per heavy atom. The Balaban J connectivity index is 2.73. The number of rotatable bonds is 5. The molecule has 0 fully saturated rings. The number of nitrogens with zero attached hydrogens (tertiary/aromatic N) is 5. The van der Waals surface area contributed by atoms with E-state index >= 15 is 0 Å². The van der Waals surface area contributed by atoms with Gasteiger partial charge in [0, 0.05) is 25.0 Å². The molecule has 0 N–H and O–H groups in total. The van der Waals surface area contributed by atoms with Crippen LogP contribution in [0.5, 0.6) is 0 Å². The number of halogens is 1. The van der Waals surface area contributed by atoms with Gasteiger partial charge in [-0.3, -0.25) is 0 Å². The second kappa shape index (κ2) is 5.29. The summed E-state index contributed by atoms with van der Waals surface area (Å²) in [6, 6.07) is 0.416. The third kappa shape index (κ3) is 2.67. The van der Waals surface area contributed by atoms with Crippen molar-refractivity contribution in [1.82, 2.24) is 20.2 Å². The average molecular weight is 262 g/mol. The molecule has 0 saturated heterocycles. The van der Waals surface area contributed by atoms with E-state index in [0.29, 0.717) is 6.04 Å². The van der Waals surface area contributed by atoms with E-state index in [4.69, 9.17) is 0 Å². The van der Waals surface area contributed by atoms with Crippen LogP contribution >= 0.6 is 15.9 Å². The Hall–Kier alpha value is -0.650. The maximum Gasteiger partial charge on any atom is 0.245 e. The van der Waals surface area contributed by atoms with Gasteiger partial charge in [0.25, 0.3) is 0 Å². The molecule has 0 unspecified atom stereocenters. The fraction of sp³-hybridized carbons (Fsp3) is 0.875. The second-order valence-corrected chi connectivity index (χ2v) is 4.23. The molecule has 80 valence electrons. The highest BCUT2D eigenvalue weighted by Crippen LogP contribution is 2.11. The van der Waals surface area contributed by atoms with E-state index in [0.717, 1.165) is 24.2 Å². The maximum atomic E-state index is 4.00. The Labute approximate surface area is 92.6 Å². The number of alkyl halides is 1. The Kier molecular flexibility index (Phi) is 4.31. The first-order valence-electron chi connectivity index (χ1n) is 4.71. The molecule has 1 aromatic rings. The van der Waals surface area contributed by atoms with Gasteiger partial charge in [0.15, 0.2) is 0 Å². The standard InChI is InChI=1S/C8H16BrN5/c1-7(2)14(6-4-5-9)8-10-11-12-13(8)3/h7H,4-6H2,1-3H3. The van der Waals surface area contributed by atoms with Crippen LogP contribution in [0.15, 0.2) is 0 Å². The molecule has 1 aromatic heterocycles. The molecular weight excluding hydrogens is 246 g/mol. The summed E-state index contributed by atoms with van der Waals surface area (Å²) in [6.07, 6.45) is 1.09. The van der Waals surface area contributed by atoms with E-state index in [1.165, 1.54) is 0 Å². The molecule has 14 heavy (non-hydrogen) atoms. The van der Waals surface area contributed by atoms with Crippen molar-refractivity contribution >= 4 is 21.9 Å². The SMILES string of the molecule is CC(C)N(CCCBr)c1nnnn1C. The van der Waals surface area contributed by atoms with Crippen molar-refractivity contribution in [1.29, 1.82) is 0 Å².